The van der Waals surface area contributed by atoms with Crippen LogP contribution in [0.4, 0.5) is 16.2 Å². The second kappa shape index (κ2) is 9.62. The third-order valence-corrected chi connectivity index (χ3v) is 4.19. The van der Waals surface area contributed by atoms with E-state index >= 15 is 0 Å². The highest BCUT2D eigenvalue weighted by atomic mass is 35.5. The van der Waals surface area contributed by atoms with Gasteiger partial charge in [0.2, 0.25) is 5.91 Å². The fourth-order valence-corrected chi connectivity index (χ4v) is 2.78. The van der Waals surface area contributed by atoms with Crippen molar-refractivity contribution >= 4 is 34.9 Å². The van der Waals surface area contributed by atoms with E-state index in [1.165, 1.54) is 0 Å². The maximum Gasteiger partial charge on any atom is 0.319 e. The highest BCUT2D eigenvalue weighted by molar-refractivity contribution is 6.30. The van der Waals surface area contributed by atoms with E-state index in [0.717, 1.165) is 5.56 Å². The molecule has 0 unspecified atom stereocenters. The first-order valence-electron chi connectivity index (χ1n) is 8.80. The number of urea groups is 1. The van der Waals surface area contributed by atoms with Crippen molar-refractivity contribution in [2.24, 2.45) is 0 Å². The molecule has 6 nitrogen and oxygen atoms in total. The van der Waals surface area contributed by atoms with Crippen LogP contribution in [0.2, 0.25) is 5.02 Å². The van der Waals surface area contributed by atoms with Crippen molar-refractivity contribution in [3.8, 4) is 0 Å². The zero-order chi connectivity index (χ0) is 19.8. The first kappa shape index (κ1) is 19.5. The summed E-state index contributed by atoms with van der Waals surface area (Å²) < 4.78 is 5.15. The smallest absolute Gasteiger partial charge is 0.319 e. The van der Waals surface area contributed by atoms with E-state index in [2.05, 4.69) is 16.0 Å². The second-order valence-electron chi connectivity index (χ2n) is 6.14. The number of furan rings is 1. The molecule has 3 rings (SSSR count). The average Bonchev–Trinajstić information content (AvgIpc) is 3.20. The number of halogens is 1. The lowest BCUT2D eigenvalue weighted by Gasteiger charge is -2.09. The van der Waals surface area contributed by atoms with Crippen LogP contribution in [-0.2, 0) is 17.8 Å². The van der Waals surface area contributed by atoms with Crippen LogP contribution < -0.4 is 16.0 Å². The Bertz CT molecular complexity index is 924. The van der Waals surface area contributed by atoms with E-state index in [1.54, 1.807) is 48.7 Å². The summed E-state index contributed by atoms with van der Waals surface area (Å²) >= 11 is 5.95. The average molecular weight is 398 g/mol. The van der Waals surface area contributed by atoms with Crippen LogP contribution >= 0.6 is 11.6 Å². The van der Waals surface area contributed by atoms with Gasteiger partial charge in [0.1, 0.15) is 5.76 Å². The van der Waals surface area contributed by atoms with Gasteiger partial charge in [-0.3, -0.25) is 4.79 Å². The van der Waals surface area contributed by atoms with Crippen LogP contribution in [0.1, 0.15) is 17.7 Å². The summed E-state index contributed by atoms with van der Waals surface area (Å²) in [7, 11) is 0. The number of hydrogen-bond acceptors (Lipinski definition) is 3. The molecule has 0 fully saturated rings. The molecule has 0 aliphatic carbocycles. The number of aryl methyl sites for hydroxylation is 1. The molecule has 144 valence electrons. The lowest BCUT2D eigenvalue weighted by atomic mass is 10.1. The summed E-state index contributed by atoms with van der Waals surface area (Å²) in [6, 6.07) is 17.6. The van der Waals surface area contributed by atoms with Crippen LogP contribution in [0.5, 0.6) is 0 Å². The van der Waals surface area contributed by atoms with Crippen molar-refractivity contribution in [2.45, 2.75) is 19.4 Å². The van der Waals surface area contributed by atoms with Crippen molar-refractivity contribution in [2.75, 3.05) is 10.6 Å². The molecule has 7 heteroatoms. The topological polar surface area (TPSA) is 83.4 Å². The van der Waals surface area contributed by atoms with Crippen LogP contribution in [0.3, 0.4) is 0 Å². The van der Waals surface area contributed by atoms with Gasteiger partial charge in [-0.05, 0) is 60.5 Å². The van der Waals surface area contributed by atoms with Crippen molar-refractivity contribution in [1.29, 1.82) is 0 Å². The summed E-state index contributed by atoms with van der Waals surface area (Å²) in [5.41, 5.74) is 2.30. The van der Waals surface area contributed by atoms with Crippen LogP contribution in [0.25, 0.3) is 0 Å². The largest absolute Gasteiger partial charge is 0.467 e. The zero-order valence-electron chi connectivity index (χ0n) is 15.1. The summed E-state index contributed by atoms with van der Waals surface area (Å²) in [4.78, 5) is 24.0. The lowest BCUT2D eigenvalue weighted by Crippen LogP contribution is -2.27. The zero-order valence-corrected chi connectivity index (χ0v) is 15.8. The highest BCUT2D eigenvalue weighted by Gasteiger charge is 2.06. The van der Waals surface area contributed by atoms with Gasteiger partial charge < -0.3 is 20.4 Å². The first-order valence-corrected chi connectivity index (χ1v) is 9.18. The monoisotopic (exact) mass is 397 g/mol. The van der Waals surface area contributed by atoms with E-state index < -0.39 is 0 Å². The summed E-state index contributed by atoms with van der Waals surface area (Å²) in [5, 5.41) is 8.91. The minimum absolute atomic E-state index is 0.0862. The standard InChI is InChI=1S/C21H20ClN3O3/c22-16-4-1-3-15(13-16)6-11-20(26)24-17-7-9-18(10-8-17)25-21(27)23-14-19-5-2-12-28-19/h1-5,7-10,12-13H,6,11,14H2,(H,24,26)(H2,23,25,27). The molecule has 3 N–H and O–H groups in total. The van der Waals surface area contributed by atoms with Gasteiger partial charge in [0.25, 0.3) is 0 Å². The molecular formula is C21H20ClN3O3. The molecule has 1 aromatic heterocycles. The molecule has 0 atom stereocenters. The van der Waals surface area contributed by atoms with Crippen molar-refractivity contribution in [3.05, 3.63) is 83.3 Å². The van der Waals surface area contributed by atoms with Gasteiger partial charge in [0.15, 0.2) is 0 Å². The highest BCUT2D eigenvalue weighted by Crippen LogP contribution is 2.15. The molecule has 3 amide bonds. The van der Waals surface area contributed by atoms with Gasteiger partial charge >= 0.3 is 6.03 Å². The Kier molecular flexibility index (Phi) is 6.70. The predicted molar refractivity (Wildman–Crippen MR) is 109 cm³/mol. The molecule has 0 aliphatic heterocycles. The number of anilines is 2. The molecule has 0 saturated heterocycles. The molecule has 0 radical (unpaired) electrons. The molecule has 0 bridgehead atoms. The van der Waals surface area contributed by atoms with E-state index in [9.17, 15) is 9.59 Å². The normalized spacial score (nSPS) is 10.3. The van der Waals surface area contributed by atoms with E-state index in [4.69, 9.17) is 16.0 Å². The Labute approximate surface area is 167 Å². The Morgan fingerprint density at radius 3 is 2.36 bits per heavy atom. The van der Waals surface area contributed by atoms with Crippen molar-refractivity contribution in [1.82, 2.24) is 5.32 Å². The van der Waals surface area contributed by atoms with Crippen LogP contribution in [-0.4, -0.2) is 11.9 Å². The number of nitrogens with one attached hydrogen (secondary N) is 3. The fraction of sp³-hybridized carbons (Fsp3) is 0.143. The number of carbonyl (C=O) groups excluding carboxylic acids is 2. The Hall–Kier alpha value is -3.25. The molecule has 0 aliphatic rings. The first-order chi connectivity index (χ1) is 13.6. The lowest BCUT2D eigenvalue weighted by molar-refractivity contribution is -0.116. The van der Waals surface area contributed by atoms with Gasteiger partial charge in [-0.25, -0.2) is 4.79 Å². The van der Waals surface area contributed by atoms with Gasteiger partial charge in [0, 0.05) is 22.8 Å². The SMILES string of the molecule is O=C(CCc1cccc(Cl)c1)Nc1ccc(NC(=O)NCc2ccco2)cc1. The van der Waals surface area contributed by atoms with Gasteiger partial charge in [-0.15, -0.1) is 0 Å². The summed E-state index contributed by atoms with van der Waals surface area (Å²) in [6.07, 6.45) is 2.52. The summed E-state index contributed by atoms with van der Waals surface area (Å²) in [5.74, 6) is 0.586. The minimum atomic E-state index is -0.338. The molecular weight excluding hydrogens is 378 g/mol. The van der Waals surface area contributed by atoms with Gasteiger partial charge in [-0.2, -0.15) is 0 Å². The molecule has 28 heavy (non-hydrogen) atoms. The Morgan fingerprint density at radius 2 is 1.68 bits per heavy atom. The summed E-state index contributed by atoms with van der Waals surface area (Å²) in [6.45, 7) is 0.305. The molecule has 3 aromatic rings. The molecule has 2 aromatic carbocycles. The quantitative estimate of drug-likeness (QED) is 0.534. The maximum atomic E-state index is 12.1. The number of amides is 3. The Morgan fingerprint density at radius 1 is 0.929 bits per heavy atom. The second-order valence-corrected chi connectivity index (χ2v) is 6.58. The number of carbonyl (C=O) groups is 2. The maximum absolute atomic E-state index is 12.1. The number of rotatable bonds is 7. The van der Waals surface area contributed by atoms with Gasteiger partial charge in [-0.1, -0.05) is 23.7 Å². The van der Waals surface area contributed by atoms with E-state index in [-0.39, 0.29) is 11.9 Å². The minimum Gasteiger partial charge on any atom is -0.467 e. The third-order valence-electron chi connectivity index (χ3n) is 3.96. The number of benzene rings is 2. The molecule has 1 heterocycles. The van der Waals surface area contributed by atoms with Crippen LogP contribution in [0, 0.1) is 0 Å². The third kappa shape index (κ3) is 6.17. The fourth-order valence-electron chi connectivity index (χ4n) is 2.57. The van der Waals surface area contributed by atoms with Crippen molar-refractivity contribution < 1.29 is 14.0 Å². The molecule has 0 saturated carbocycles. The molecule has 0 spiro atoms. The van der Waals surface area contributed by atoms with E-state index in [1.807, 2.05) is 18.2 Å². The van der Waals surface area contributed by atoms with Crippen LogP contribution in [0.15, 0.2) is 71.3 Å². The van der Waals surface area contributed by atoms with Gasteiger partial charge in [0.05, 0.1) is 12.8 Å². The van der Waals surface area contributed by atoms with E-state index in [0.29, 0.717) is 41.5 Å². The predicted octanol–water partition coefficient (Wildman–Crippen LogP) is 4.83. The number of hydrogen-bond donors (Lipinski definition) is 3. The Balaban J connectivity index is 1.43. The van der Waals surface area contributed by atoms with Crippen molar-refractivity contribution in [3.63, 3.8) is 0 Å².